The van der Waals surface area contributed by atoms with Crippen LogP contribution in [0.25, 0.3) is 16.6 Å². The van der Waals surface area contributed by atoms with Crippen LogP contribution in [0, 0.1) is 0 Å². The molecule has 0 atom stereocenters. The first-order valence-electron chi connectivity index (χ1n) is 8.96. The normalized spacial score (nSPS) is 10.8. The minimum absolute atomic E-state index is 0.110. The molecule has 1 heterocycles. The predicted octanol–water partition coefficient (Wildman–Crippen LogP) is 2.99. The minimum atomic E-state index is -0.361. The van der Waals surface area contributed by atoms with Crippen LogP contribution < -0.4 is 10.3 Å². The number of carbonyl (C=O) groups is 2. The molecule has 8 heteroatoms. The Morgan fingerprint density at radius 2 is 1.76 bits per heavy atom. The summed E-state index contributed by atoms with van der Waals surface area (Å²) in [6.45, 7) is 2.76. The average Bonchev–Trinajstić information content (AvgIpc) is 2.68. The molecule has 0 fully saturated rings. The van der Waals surface area contributed by atoms with Crippen LogP contribution in [0.2, 0.25) is 5.02 Å². The molecule has 0 bridgehead atoms. The van der Waals surface area contributed by atoms with Gasteiger partial charge < -0.3 is 4.74 Å². The van der Waals surface area contributed by atoms with Gasteiger partial charge in [-0.2, -0.15) is 0 Å². The van der Waals surface area contributed by atoms with Crippen LogP contribution in [0.4, 0.5) is 0 Å². The van der Waals surface area contributed by atoms with E-state index < -0.39 is 0 Å². The van der Waals surface area contributed by atoms with Crippen LogP contribution >= 0.6 is 11.6 Å². The number of hydrogen-bond donors (Lipinski definition) is 0. The number of ether oxygens (including phenoxy) is 1. The topological polar surface area (TPSA) is 81.5 Å². The van der Waals surface area contributed by atoms with Crippen molar-refractivity contribution in [3.05, 3.63) is 63.7 Å². The molecular formula is C21H20ClN3O4. The summed E-state index contributed by atoms with van der Waals surface area (Å²) in [5.74, 6) is 0.344. The van der Waals surface area contributed by atoms with Crippen molar-refractivity contribution in [1.29, 1.82) is 0 Å². The van der Waals surface area contributed by atoms with E-state index in [1.165, 1.54) is 18.4 Å². The molecule has 1 aromatic heterocycles. The summed E-state index contributed by atoms with van der Waals surface area (Å²) >= 11 is 6.26. The third-order valence-corrected chi connectivity index (χ3v) is 4.88. The van der Waals surface area contributed by atoms with Crippen LogP contribution in [0.3, 0.4) is 0 Å². The summed E-state index contributed by atoms with van der Waals surface area (Å²) in [5.41, 5.74) is 0.717. The lowest BCUT2D eigenvalue weighted by molar-refractivity contribution is -0.142. The summed E-state index contributed by atoms with van der Waals surface area (Å²) in [6.07, 6.45) is 0.211. The molecule has 2 aromatic carbocycles. The van der Waals surface area contributed by atoms with Crippen LogP contribution in [-0.4, -0.2) is 39.9 Å². The molecule has 0 aliphatic carbocycles. The summed E-state index contributed by atoms with van der Waals surface area (Å²) in [6, 6.07) is 12.0. The highest BCUT2D eigenvalue weighted by Crippen LogP contribution is 2.21. The Kier molecular flexibility index (Phi) is 5.98. The van der Waals surface area contributed by atoms with E-state index in [0.29, 0.717) is 33.2 Å². The summed E-state index contributed by atoms with van der Waals surface area (Å²) in [4.78, 5) is 42.5. The summed E-state index contributed by atoms with van der Waals surface area (Å²) < 4.78 is 6.63. The largest absolute Gasteiger partial charge is 0.497 e. The molecule has 29 heavy (non-hydrogen) atoms. The Labute approximate surface area is 172 Å². The number of fused-ring (bicyclic) bond motifs is 1. The van der Waals surface area contributed by atoms with Crippen molar-refractivity contribution < 1.29 is 14.3 Å². The van der Waals surface area contributed by atoms with Gasteiger partial charge in [0, 0.05) is 26.8 Å². The van der Waals surface area contributed by atoms with Crippen molar-refractivity contribution in [2.45, 2.75) is 20.3 Å². The van der Waals surface area contributed by atoms with E-state index in [1.54, 1.807) is 49.6 Å². The molecule has 2 amide bonds. The van der Waals surface area contributed by atoms with Crippen LogP contribution in [0.15, 0.2) is 47.3 Å². The first-order chi connectivity index (χ1) is 13.8. The molecule has 0 unspecified atom stereocenters. The fourth-order valence-electron chi connectivity index (χ4n) is 3.15. The Morgan fingerprint density at radius 1 is 1.10 bits per heavy atom. The molecule has 7 nitrogen and oxygen atoms in total. The molecule has 0 spiro atoms. The van der Waals surface area contributed by atoms with E-state index in [9.17, 15) is 14.4 Å². The summed E-state index contributed by atoms with van der Waals surface area (Å²) in [7, 11) is 1.56. The van der Waals surface area contributed by atoms with Crippen molar-refractivity contribution >= 4 is 34.3 Å². The molecular weight excluding hydrogens is 394 g/mol. The van der Waals surface area contributed by atoms with Gasteiger partial charge in [-0.1, -0.05) is 17.7 Å². The zero-order valence-electron chi connectivity index (χ0n) is 16.3. The highest BCUT2D eigenvalue weighted by molar-refractivity contribution is 6.35. The number of imide groups is 1. The number of methoxy groups -OCH3 is 1. The van der Waals surface area contributed by atoms with E-state index in [0.717, 1.165) is 4.90 Å². The quantitative estimate of drug-likeness (QED) is 0.642. The van der Waals surface area contributed by atoms with Gasteiger partial charge in [0.05, 0.1) is 28.7 Å². The van der Waals surface area contributed by atoms with Crippen molar-refractivity contribution in [2.75, 3.05) is 13.7 Å². The third-order valence-electron chi connectivity index (χ3n) is 4.57. The zero-order valence-corrected chi connectivity index (χ0v) is 17.1. The van der Waals surface area contributed by atoms with Crippen molar-refractivity contribution in [3.63, 3.8) is 0 Å². The molecule has 0 radical (unpaired) electrons. The Bertz CT molecular complexity index is 1130. The number of nitrogens with zero attached hydrogens (tertiary/aromatic N) is 3. The zero-order chi connectivity index (χ0) is 21.1. The van der Waals surface area contributed by atoms with Crippen molar-refractivity contribution in [1.82, 2.24) is 14.5 Å². The number of halogens is 1. The van der Waals surface area contributed by atoms with Crippen molar-refractivity contribution in [3.8, 4) is 11.4 Å². The van der Waals surface area contributed by atoms with Crippen LogP contribution in [-0.2, 0) is 16.0 Å². The van der Waals surface area contributed by atoms with Crippen molar-refractivity contribution in [2.24, 2.45) is 0 Å². The van der Waals surface area contributed by atoms with E-state index >= 15 is 0 Å². The smallest absolute Gasteiger partial charge is 0.267 e. The third kappa shape index (κ3) is 4.14. The standard InChI is InChI=1S/C21H20ClN3O4/c1-13(26)24(14(2)27)12-11-19-23-18-6-4-5-17(22)20(18)21(28)25(19)15-7-9-16(29-3)10-8-15/h4-10H,11-12H2,1-3H3. The molecule has 0 aliphatic heterocycles. The second kappa shape index (κ2) is 8.45. The highest BCUT2D eigenvalue weighted by atomic mass is 35.5. The Hall–Kier alpha value is -3.19. The SMILES string of the molecule is COc1ccc(-n2c(CCN(C(C)=O)C(C)=O)nc3cccc(Cl)c3c2=O)cc1. The number of rotatable bonds is 5. The van der Waals surface area contributed by atoms with Gasteiger partial charge in [-0.3, -0.25) is 23.9 Å². The molecule has 0 saturated heterocycles. The van der Waals surface area contributed by atoms with E-state index in [4.69, 9.17) is 16.3 Å². The van der Waals surface area contributed by atoms with Crippen LogP contribution in [0.1, 0.15) is 19.7 Å². The minimum Gasteiger partial charge on any atom is -0.497 e. The number of hydrogen-bond acceptors (Lipinski definition) is 5. The fourth-order valence-corrected chi connectivity index (χ4v) is 3.40. The van der Waals surface area contributed by atoms with Gasteiger partial charge in [0.1, 0.15) is 11.6 Å². The maximum Gasteiger partial charge on any atom is 0.267 e. The maximum absolute atomic E-state index is 13.3. The number of aromatic nitrogens is 2. The molecule has 0 aliphatic rings. The molecule has 0 N–H and O–H groups in total. The average molecular weight is 414 g/mol. The molecule has 3 aromatic rings. The van der Waals surface area contributed by atoms with E-state index in [-0.39, 0.29) is 30.3 Å². The van der Waals surface area contributed by atoms with Gasteiger partial charge >= 0.3 is 0 Å². The van der Waals surface area contributed by atoms with Gasteiger partial charge in [-0.15, -0.1) is 0 Å². The second-order valence-corrected chi connectivity index (χ2v) is 6.85. The summed E-state index contributed by atoms with van der Waals surface area (Å²) in [5, 5.41) is 0.617. The lowest BCUT2D eigenvalue weighted by atomic mass is 10.2. The van der Waals surface area contributed by atoms with Gasteiger partial charge in [-0.25, -0.2) is 4.98 Å². The Morgan fingerprint density at radius 3 is 2.34 bits per heavy atom. The number of carbonyl (C=O) groups excluding carboxylic acids is 2. The van der Waals surface area contributed by atoms with E-state index in [1.807, 2.05) is 0 Å². The maximum atomic E-state index is 13.3. The van der Waals surface area contributed by atoms with E-state index in [2.05, 4.69) is 4.98 Å². The van der Waals surface area contributed by atoms with Crippen LogP contribution in [0.5, 0.6) is 5.75 Å². The molecule has 3 rings (SSSR count). The number of amides is 2. The van der Waals surface area contributed by atoms with Gasteiger partial charge in [-0.05, 0) is 36.4 Å². The fraction of sp³-hybridized carbons (Fsp3) is 0.238. The van der Waals surface area contributed by atoms with Gasteiger partial charge in [0.2, 0.25) is 11.8 Å². The highest BCUT2D eigenvalue weighted by Gasteiger charge is 2.18. The lowest BCUT2D eigenvalue weighted by Crippen LogP contribution is -2.36. The lowest BCUT2D eigenvalue weighted by Gasteiger charge is -2.19. The Balaban J connectivity index is 2.17. The van der Waals surface area contributed by atoms with Gasteiger partial charge in [0.25, 0.3) is 5.56 Å². The molecule has 0 saturated carbocycles. The monoisotopic (exact) mass is 413 g/mol. The predicted molar refractivity (Wildman–Crippen MR) is 111 cm³/mol. The number of benzene rings is 2. The second-order valence-electron chi connectivity index (χ2n) is 6.44. The molecule has 150 valence electrons. The first-order valence-corrected chi connectivity index (χ1v) is 9.34. The first kappa shape index (κ1) is 20.5. The van der Waals surface area contributed by atoms with Gasteiger partial charge in [0.15, 0.2) is 0 Å².